The lowest BCUT2D eigenvalue weighted by atomic mass is 9.98. The Hall–Kier alpha value is -2.77. The summed E-state index contributed by atoms with van der Waals surface area (Å²) in [5, 5.41) is 4.41. The topological polar surface area (TPSA) is 68.4 Å². The molecule has 4 heterocycles. The minimum atomic E-state index is -0.370. The molecule has 1 saturated heterocycles. The Balaban J connectivity index is 1.33. The summed E-state index contributed by atoms with van der Waals surface area (Å²) in [4.78, 5) is 14.0. The zero-order chi connectivity index (χ0) is 17.2. The minimum absolute atomic E-state index is 0.370. The van der Waals surface area contributed by atoms with Gasteiger partial charge in [-0.25, -0.2) is 23.9 Å². The monoisotopic (exact) mass is 342 g/mol. The highest BCUT2D eigenvalue weighted by atomic mass is 19.1. The van der Waals surface area contributed by atoms with Gasteiger partial charge in [0.05, 0.1) is 24.7 Å². The number of halogens is 1. The van der Waals surface area contributed by atoms with Crippen molar-refractivity contribution in [1.82, 2.24) is 24.6 Å². The predicted molar refractivity (Wildman–Crippen MR) is 90.1 cm³/mol. The Morgan fingerprint density at radius 1 is 1.28 bits per heavy atom. The largest absolute Gasteiger partial charge is 0.476 e. The van der Waals surface area contributed by atoms with E-state index in [1.165, 1.54) is 12.5 Å². The van der Waals surface area contributed by atoms with Gasteiger partial charge in [0.1, 0.15) is 6.33 Å². The van der Waals surface area contributed by atoms with Crippen LogP contribution < -0.4 is 9.64 Å². The lowest BCUT2D eigenvalue weighted by Gasteiger charge is -2.32. The normalized spacial score (nSPS) is 15.7. The van der Waals surface area contributed by atoms with Gasteiger partial charge in [-0.1, -0.05) is 0 Å². The molecule has 1 aliphatic rings. The van der Waals surface area contributed by atoms with Crippen LogP contribution in [0, 0.1) is 18.7 Å². The lowest BCUT2D eigenvalue weighted by molar-refractivity contribution is 0.213. The Morgan fingerprint density at radius 2 is 2.12 bits per heavy atom. The van der Waals surface area contributed by atoms with Crippen LogP contribution in [0.5, 0.6) is 5.88 Å². The van der Waals surface area contributed by atoms with Crippen molar-refractivity contribution in [2.75, 3.05) is 24.6 Å². The molecule has 0 spiro atoms. The number of aromatic nitrogens is 5. The van der Waals surface area contributed by atoms with Crippen LogP contribution in [-0.4, -0.2) is 44.3 Å². The van der Waals surface area contributed by atoms with Crippen LogP contribution >= 0.6 is 0 Å². The van der Waals surface area contributed by atoms with E-state index in [1.54, 1.807) is 4.52 Å². The van der Waals surface area contributed by atoms with Gasteiger partial charge < -0.3 is 9.64 Å². The van der Waals surface area contributed by atoms with Crippen LogP contribution in [-0.2, 0) is 0 Å². The third-order valence-electron chi connectivity index (χ3n) is 4.45. The van der Waals surface area contributed by atoms with Crippen molar-refractivity contribution in [2.45, 2.75) is 19.8 Å². The van der Waals surface area contributed by atoms with Crippen LogP contribution in [0.2, 0.25) is 0 Å². The predicted octanol–water partition coefficient (Wildman–Crippen LogP) is 2.26. The molecule has 7 nitrogen and oxygen atoms in total. The Labute approximate surface area is 144 Å². The summed E-state index contributed by atoms with van der Waals surface area (Å²) in [6.45, 7) is 4.06. The van der Waals surface area contributed by atoms with Crippen molar-refractivity contribution < 1.29 is 9.13 Å². The Morgan fingerprint density at radius 3 is 2.92 bits per heavy atom. The first-order valence-electron chi connectivity index (χ1n) is 8.35. The molecule has 0 N–H and O–H groups in total. The van der Waals surface area contributed by atoms with E-state index >= 15 is 0 Å². The van der Waals surface area contributed by atoms with E-state index < -0.39 is 0 Å². The molecule has 0 amide bonds. The Bertz CT molecular complexity index is 874. The lowest BCUT2D eigenvalue weighted by Crippen LogP contribution is -2.36. The van der Waals surface area contributed by atoms with Crippen molar-refractivity contribution in [2.24, 2.45) is 5.92 Å². The summed E-state index contributed by atoms with van der Waals surface area (Å²) in [6.07, 6.45) is 6.31. The molecule has 0 atom stereocenters. The highest BCUT2D eigenvalue weighted by Gasteiger charge is 2.22. The van der Waals surface area contributed by atoms with Gasteiger partial charge in [0.15, 0.2) is 17.3 Å². The maximum atomic E-state index is 13.8. The average molecular weight is 342 g/mol. The standard InChI is InChI=1S/C17H19FN6O/c1-12-9-24-15(21-12)2-3-16(22-24)25-10-13-4-6-23(7-5-13)17-14(18)8-19-11-20-17/h2-3,8-9,11,13H,4-7,10H2,1H3. The molecule has 0 radical (unpaired) electrons. The summed E-state index contributed by atoms with van der Waals surface area (Å²) in [7, 11) is 0. The van der Waals surface area contributed by atoms with Crippen LogP contribution in [0.4, 0.5) is 10.2 Å². The van der Waals surface area contributed by atoms with Crippen LogP contribution in [0.1, 0.15) is 18.5 Å². The fourth-order valence-corrected chi connectivity index (χ4v) is 3.11. The Kier molecular flexibility index (Phi) is 4.17. The van der Waals surface area contributed by atoms with Crippen molar-refractivity contribution in [3.63, 3.8) is 0 Å². The molecular weight excluding hydrogens is 323 g/mol. The molecular formula is C17H19FN6O. The molecule has 3 aromatic rings. The smallest absolute Gasteiger partial charge is 0.231 e. The maximum Gasteiger partial charge on any atom is 0.231 e. The highest BCUT2D eigenvalue weighted by Crippen LogP contribution is 2.24. The van der Waals surface area contributed by atoms with Gasteiger partial charge in [-0.15, -0.1) is 5.10 Å². The summed E-state index contributed by atoms with van der Waals surface area (Å²) >= 11 is 0. The number of hydrogen-bond acceptors (Lipinski definition) is 6. The van der Waals surface area contributed by atoms with E-state index in [1.807, 2.05) is 30.2 Å². The maximum absolute atomic E-state index is 13.8. The minimum Gasteiger partial charge on any atom is -0.476 e. The summed E-state index contributed by atoms with van der Waals surface area (Å²) in [5.41, 5.74) is 1.74. The molecule has 0 saturated carbocycles. The number of hydrogen-bond donors (Lipinski definition) is 0. The molecule has 3 aromatic heterocycles. The second kappa shape index (κ2) is 6.62. The van der Waals surface area contributed by atoms with Gasteiger partial charge in [0, 0.05) is 19.2 Å². The summed E-state index contributed by atoms with van der Waals surface area (Å²) < 4.78 is 21.3. The van der Waals surface area contributed by atoms with E-state index in [2.05, 4.69) is 20.1 Å². The molecule has 4 rings (SSSR count). The summed E-state index contributed by atoms with van der Waals surface area (Å²) in [5.74, 6) is 1.03. The van der Waals surface area contributed by atoms with Gasteiger partial charge in [-0.3, -0.25) is 0 Å². The molecule has 0 bridgehead atoms. The average Bonchev–Trinajstić information content (AvgIpc) is 3.00. The van der Waals surface area contributed by atoms with E-state index in [9.17, 15) is 4.39 Å². The number of anilines is 1. The van der Waals surface area contributed by atoms with E-state index in [-0.39, 0.29) is 5.82 Å². The van der Waals surface area contributed by atoms with Crippen molar-refractivity contribution >= 4 is 11.5 Å². The van der Waals surface area contributed by atoms with Gasteiger partial charge in [0.2, 0.25) is 5.88 Å². The van der Waals surface area contributed by atoms with E-state index in [0.717, 1.165) is 37.3 Å². The molecule has 1 aliphatic heterocycles. The molecule has 0 aromatic carbocycles. The van der Waals surface area contributed by atoms with Gasteiger partial charge in [0.25, 0.3) is 0 Å². The SMILES string of the molecule is Cc1cn2nc(OCC3CCN(c4ncncc4F)CC3)ccc2n1. The number of ether oxygens (including phenoxy) is 1. The zero-order valence-corrected chi connectivity index (χ0v) is 14.0. The zero-order valence-electron chi connectivity index (χ0n) is 14.0. The number of fused-ring (bicyclic) bond motifs is 1. The number of piperidine rings is 1. The molecule has 25 heavy (non-hydrogen) atoms. The van der Waals surface area contributed by atoms with Crippen LogP contribution in [0.3, 0.4) is 0 Å². The second-order valence-corrected chi connectivity index (χ2v) is 6.29. The first-order valence-corrected chi connectivity index (χ1v) is 8.35. The fraction of sp³-hybridized carbons (Fsp3) is 0.412. The number of rotatable bonds is 4. The summed E-state index contributed by atoms with van der Waals surface area (Å²) in [6, 6.07) is 3.74. The van der Waals surface area contributed by atoms with Crippen molar-refractivity contribution in [1.29, 1.82) is 0 Å². The number of aryl methyl sites for hydroxylation is 1. The van der Waals surface area contributed by atoms with Crippen molar-refractivity contribution in [3.8, 4) is 5.88 Å². The third kappa shape index (κ3) is 3.38. The van der Waals surface area contributed by atoms with Crippen LogP contribution in [0.15, 0.2) is 30.9 Å². The fourth-order valence-electron chi connectivity index (χ4n) is 3.11. The van der Waals surface area contributed by atoms with Crippen LogP contribution in [0.25, 0.3) is 5.65 Å². The molecule has 0 unspecified atom stereocenters. The molecule has 0 aliphatic carbocycles. The van der Waals surface area contributed by atoms with Gasteiger partial charge in [-0.2, -0.15) is 0 Å². The number of nitrogens with zero attached hydrogens (tertiary/aromatic N) is 6. The van der Waals surface area contributed by atoms with Gasteiger partial charge in [-0.05, 0) is 31.7 Å². The van der Waals surface area contributed by atoms with Gasteiger partial charge >= 0.3 is 0 Å². The number of imidazole rings is 1. The molecule has 1 fully saturated rings. The highest BCUT2D eigenvalue weighted by molar-refractivity contribution is 5.39. The third-order valence-corrected chi connectivity index (χ3v) is 4.45. The van der Waals surface area contributed by atoms with E-state index in [4.69, 9.17) is 4.74 Å². The quantitative estimate of drug-likeness (QED) is 0.724. The van der Waals surface area contributed by atoms with E-state index in [0.29, 0.717) is 24.2 Å². The molecule has 130 valence electrons. The second-order valence-electron chi connectivity index (χ2n) is 6.29. The first kappa shape index (κ1) is 15.7. The first-order chi connectivity index (χ1) is 12.2. The van der Waals surface area contributed by atoms with Crippen molar-refractivity contribution in [3.05, 3.63) is 42.4 Å². The molecule has 8 heteroatoms.